The zero-order valence-corrected chi connectivity index (χ0v) is 15.0. The molecule has 0 N–H and O–H groups in total. The van der Waals surface area contributed by atoms with E-state index in [9.17, 15) is 18.0 Å². The molecule has 1 heterocycles. The highest BCUT2D eigenvalue weighted by atomic mass is 19.4. The standard InChI is InChI=1S/C20H21F3N2O2/c1-2-27-18-8-6-15(7-9-18)19(26)25-12-10-24(11-13-25)17-5-3-4-16(14-17)20(21,22)23/h3-9,14H,2,10-13H2,1H3. The fraction of sp³-hybridized carbons (Fsp3) is 0.350. The number of piperazine rings is 1. The Morgan fingerprint density at radius 1 is 1.04 bits per heavy atom. The third kappa shape index (κ3) is 4.53. The van der Waals surface area contributed by atoms with Crippen LogP contribution in [-0.4, -0.2) is 43.6 Å². The highest BCUT2D eigenvalue weighted by Gasteiger charge is 2.31. The van der Waals surface area contributed by atoms with Gasteiger partial charge in [0.15, 0.2) is 0 Å². The van der Waals surface area contributed by atoms with Gasteiger partial charge in [0.2, 0.25) is 0 Å². The van der Waals surface area contributed by atoms with Gasteiger partial charge in [-0.1, -0.05) is 6.07 Å². The summed E-state index contributed by atoms with van der Waals surface area (Å²) < 4.78 is 44.0. The van der Waals surface area contributed by atoms with Gasteiger partial charge in [0, 0.05) is 37.4 Å². The summed E-state index contributed by atoms with van der Waals surface area (Å²) in [5, 5.41) is 0. The molecular formula is C20H21F3N2O2. The number of ether oxygens (including phenoxy) is 1. The van der Waals surface area contributed by atoms with Crippen LogP contribution in [0.25, 0.3) is 0 Å². The van der Waals surface area contributed by atoms with Crippen molar-refractivity contribution in [2.45, 2.75) is 13.1 Å². The average molecular weight is 378 g/mol. The lowest BCUT2D eigenvalue weighted by Gasteiger charge is -2.36. The van der Waals surface area contributed by atoms with Gasteiger partial charge in [-0.2, -0.15) is 13.2 Å². The molecule has 1 saturated heterocycles. The fourth-order valence-corrected chi connectivity index (χ4v) is 3.09. The van der Waals surface area contributed by atoms with Crippen LogP contribution in [0, 0.1) is 0 Å². The second-order valence-electron chi connectivity index (χ2n) is 6.28. The van der Waals surface area contributed by atoms with Gasteiger partial charge in [0.25, 0.3) is 5.91 Å². The molecule has 2 aromatic rings. The molecule has 0 radical (unpaired) electrons. The molecule has 0 bridgehead atoms. The van der Waals surface area contributed by atoms with Crippen molar-refractivity contribution >= 4 is 11.6 Å². The number of rotatable bonds is 4. The van der Waals surface area contributed by atoms with Crippen LogP contribution >= 0.6 is 0 Å². The van der Waals surface area contributed by atoms with Crippen LogP contribution in [0.5, 0.6) is 5.75 Å². The Morgan fingerprint density at radius 3 is 2.30 bits per heavy atom. The second kappa shape index (κ2) is 7.90. The molecule has 0 spiro atoms. The van der Waals surface area contributed by atoms with Crippen molar-refractivity contribution in [2.24, 2.45) is 0 Å². The maximum atomic E-state index is 12.9. The molecular weight excluding hydrogens is 357 g/mol. The molecule has 1 fully saturated rings. The van der Waals surface area contributed by atoms with Gasteiger partial charge in [-0.05, 0) is 49.4 Å². The summed E-state index contributed by atoms with van der Waals surface area (Å²) >= 11 is 0. The zero-order chi connectivity index (χ0) is 19.4. The van der Waals surface area contributed by atoms with Crippen LogP contribution in [0.1, 0.15) is 22.8 Å². The van der Waals surface area contributed by atoms with Crippen molar-refractivity contribution in [3.63, 3.8) is 0 Å². The van der Waals surface area contributed by atoms with Crippen molar-refractivity contribution in [1.29, 1.82) is 0 Å². The van der Waals surface area contributed by atoms with Gasteiger partial charge in [-0.25, -0.2) is 0 Å². The minimum atomic E-state index is -4.36. The van der Waals surface area contributed by atoms with E-state index >= 15 is 0 Å². The SMILES string of the molecule is CCOc1ccc(C(=O)N2CCN(c3cccc(C(F)(F)F)c3)CC2)cc1. The molecule has 4 nitrogen and oxygen atoms in total. The van der Waals surface area contributed by atoms with E-state index in [4.69, 9.17) is 4.74 Å². The Bertz CT molecular complexity index is 783. The smallest absolute Gasteiger partial charge is 0.416 e. The first-order valence-corrected chi connectivity index (χ1v) is 8.83. The number of anilines is 1. The topological polar surface area (TPSA) is 32.8 Å². The Hall–Kier alpha value is -2.70. The number of hydrogen-bond acceptors (Lipinski definition) is 3. The zero-order valence-electron chi connectivity index (χ0n) is 15.0. The first kappa shape index (κ1) is 19.1. The summed E-state index contributed by atoms with van der Waals surface area (Å²) in [7, 11) is 0. The van der Waals surface area contributed by atoms with E-state index < -0.39 is 11.7 Å². The van der Waals surface area contributed by atoms with Crippen LogP contribution in [0.3, 0.4) is 0 Å². The number of hydrogen-bond donors (Lipinski definition) is 0. The molecule has 1 aliphatic heterocycles. The summed E-state index contributed by atoms with van der Waals surface area (Å²) in [6, 6.07) is 12.3. The fourth-order valence-electron chi connectivity index (χ4n) is 3.09. The third-order valence-corrected chi connectivity index (χ3v) is 4.52. The average Bonchev–Trinajstić information content (AvgIpc) is 2.68. The van der Waals surface area contributed by atoms with Crippen molar-refractivity contribution in [3.05, 3.63) is 59.7 Å². The normalized spacial score (nSPS) is 15.0. The van der Waals surface area contributed by atoms with E-state index in [1.807, 2.05) is 11.8 Å². The molecule has 0 aliphatic carbocycles. The molecule has 1 aliphatic rings. The number of nitrogens with zero attached hydrogens (tertiary/aromatic N) is 2. The summed E-state index contributed by atoms with van der Waals surface area (Å²) in [5.74, 6) is 0.630. The monoisotopic (exact) mass is 378 g/mol. The van der Waals surface area contributed by atoms with Crippen LogP contribution in [0.15, 0.2) is 48.5 Å². The van der Waals surface area contributed by atoms with Gasteiger partial charge in [-0.3, -0.25) is 4.79 Å². The van der Waals surface area contributed by atoms with E-state index in [2.05, 4.69) is 0 Å². The summed E-state index contributed by atoms with van der Waals surface area (Å²) in [6.45, 7) is 4.35. The molecule has 2 aromatic carbocycles. The van der Waals surface area contributed by atoms with E-state index in [0.717, 1.165) is 12.1 Å². The predicted molar refractivity (Wildman–Crippen MR) is 97.2 cm³/mol. The first-order chi connectivity index (χ1) is 12.9. The maximum Gasteiger partial charge on any atom is 0.416 e. The van der Waals surface area contributed by atoms with Gasteiger partial charge < -0.3 is 14.5 Å². The molecule has 0 atom stereocenters. The van der Waals surface area contributed by atoms with E-state index in [1.165, 1.54) is 6.07 Å². The Balaban J connectivity index is 1.62. The van der Waals surface area contributed by atoms with Crippen molar-refractivity contribution < 1.29 is 22.7 Å². The van der Waals surface area contributed by atoms with Crippen LogP contribution in [0.4, 0.5) is 18.9 Å². The Morgan fingerprint density at radius 2 is 1.70 bits per heavy atom. The number of carbonyl (C=O) groups is 1. The summed E-state index contributed by atoms with van der Waals surface area (Å²) in [6.07, 6.45) is -4.36. The molecule has 144 valence electrons. The lowest BCUT2D eigenvalue weighted by molar-refractivity contribution is -0.137. The summed E-state index contributed by atoms with van der Waals surface area (Å²) in [4.78, 5) is 16.2. The molecule has 0 unspecified atom stereocenters. The van der Waals surface area contributed by atoms with Crippen molar-refractivity contribution in [2.75, 3.05) is 37.7 Å². The van der Waals surface area contributed by atoms with Crippen molar-refractivity contribution in [1.82, 2.24) is 4.90 Å². The minimum Gasteiger partial charge on any atom is -0.494 e. The number of amides is 1. The largest absolute Gasteiger partial charge is 0.494 e. The summed E-state index contributed by atoms with van der Waals surface area (Å²) in [5.41, 5.74) is 0.442. The van der Waals surface area contributed by atoms with E-state index in [1.54, 1.807) is 35.2 Å². The Kier molecular flexibility index (Phi) is 5.58. The Labute approximate surface area is 156 Å². The lowest BCUT2D eigenvalue weighted by Crippen LogP contribution is -2.48. The molecule has 7 heteroatoms. The minimum absolute atomic E-state index is 0.0817. The maximum absolute atomic E-state index is 12.9. The molecule has 3 rings (SSSR count). The molecule has 1 amide bonds. The third-order valence-electron chi connectivity index (χ3n) is 4.52. The number of alkyl halides is 3. The first-order valence-electron chi connectivity index (χ1n) is 8.83. The second-order valence-corrected chi connectivity index (χ2v) is 6.28. The highest BCUT2D eigenvalue weighted by molar-refractivity contribution is 5.94. The van der Waals surface area contributed by atoms with Crippen LogP contribution in [0.2, 0.25) is 0 Å². The highest BCUT2D eigenvalue weighted by Crippen LogP contribution is 2.32. The van der Waals surface area contributed by atoms with Crippen molar-refractivity contribution in [3.8, 4) is 5.75 Å². The van der Waals surface area contributed by atoms with E-state index in [0.29, 0.717) is 49.8 Å². The number of benzene rings is 2. The number of carbonyl (C=O) groups excluding carboxylic acids is 1. The van der Waals surface area contributed by atoms with Crippen LogP contribution in [-0.2, 0) is 6.18 Å². The van der Waals surface area contributed by atoms with Gasteiger partial charge in [0.1, 0.15) is 5.75 Å². The van der Waals surface area contributed by atoms with Gasteiger partial charge in [0.05, 0.1) is 12.2 Å². The molecule has 27 heavy (non-hydrogen) atoms. The quantitative estimate of drug-likeness (QED) is 0.804. The predicted octanol–water partition coefficient (Wildman–Crippen LogP) is 4.07. The number of halogens is 3. The van der Waals surface area contributed by atoms with Gasteiger partial charge in [-0.15, -0.1) is 0 Å². The van der Waals surface area contributed by atoms with Crippen LogP contribution < -0.4 is 9.64 Å². The van der Waals surface area contributed by atoms with Gasteiger partial charge >= 0.3 is 6.18 Å². The molecule has 0 aromatic heterocycles. The van der Waals surface area contributed by atoms with E-state index in [-0.39, 0.29) is 5.91 Å². The molecule has 0 saturated carbocycles. The lowest BCUT2D eigenvalue weighted by atomic mass is 10.1.